The number of thiophene rings is 1. The van der Waals surface area contributed by atoms with Gasteiger partial charge >= 0.3 is 12.0 Å². The van der Waals surface area contributed by atoms with Crippen molar-refractivity contribution in [2.45, 2.75) is 20.0 Å². The molecule has 0 unspecified atom stereocenters. The standard InChI is InChI=1S/C28H28N6O6S/c1-4-40-27(35)24-21(17-33(2)16-18-8-6-5-7-9-18)25(19-10-12-20(13-11-19)34(37)38)41-26(24)30-28(36)29-22-14-15-23(39-3)32-31-22/h5-15H,4,16-17H2,1-3H3,(H2,29,30,31,36). The highest BCUT2D eigenvalue weighted by atomic mass is 32.1. The summed E-state index contributed by atoms with van der Waals surface area (Å²) in [4.78, 5) is 39.7. The van der Waals surface area contributed by atoms with Crippen molar-refractivity contribution in [3.8, 4) is 16.3 Å². The largest absolute Gasteiger partial charge is 0.480 e. The third kappa shape index (κ3) is 7.41. The number of methoxy groups -OCH3 is 1. The van der Waals surface area contributed by atoms with Gasteiger partial charge in [-0.05, 0) is 43.3 Å². The van der Waals surface area contributed by atoms with E-state index in [0.29, 0.717) is 29.1 Å². The predicted octanol–water partition coefficient (Wildman–Crippen LogP) is 5.57. The van der Waals surface area contributed by atoms with Crippen LogP contribution in [0.3, 0.4) is 0 Å². The summed E-state index contributed by atoms with van der Waals surface area (Å²) in [6, 6.07) is 18.3. The number of hydrogen-bond acceptors (Lipinski definition) is 10. The van der Waals surface area contributed by atoms with Crippen LogP contribution < -0.4 is 15.4 Å². The first-order chi connectivity index (χ1) is 19.8. The Labute approximate surface area is 240 Å². The molecule has 2 aromatic carbocycles. The lowest BCUT2D eigenvalue weighted by Crippen LogP contribution is -2.22. The van der Waals surface area contributed by atoms with Crippen molar-refractivity contribution in [1.29, 1.82) is 0 Å². The molecular weight excluding hydrogens is 548 g/mol. The number of carbonyl (C=O) groups is 2. The van der Waals surface area contributed by atoms with Gasteiger partial charge in [0, 0.05) is 41.7 Å². The Morgan fingerprint density at radius 2 is 1.73 bits per heavy atom. The Bertz CT molecular complexity index is 1510. The van der Waals surface area contributed by atoms with Crippen LogP contribution in [0.15, 0.2) is 66.7 Å². The van der Waals surface area contributed by atoms with Gasteiger partial charge < -0.3 is 9.47 Å². The maximum Gasteiger partial charge on any atom is 0.341 e. The summed E-state index contributed by atoms with van der Waals surface area (Å²) in [6.07, 6.45) is 0. The number of nitrogens with one attached hydrogen (secondary N) is 2. The topological polar surface area (TPSA) is 149 Å². The second kappa shape index (κ2) is 13.5. The Morgan fingerprint density at radius 1 is 1.00 bits per heavy atom. The van der Waals surface area contributed by atoms with E-state index in [0.717, 1.165) is 5.56 Å². The van der Waals surface area contributed by atoms with Crippen molar-refractivity contribution in [1.82, 2.24) is 15.1 Å². The predicted molar refractivity (Wildman–Crippen MR) is 155 cm³/mol. The molecule has 0 aliphatic carbocycles. The summed E-state index contributed by atoms with van der Waals surface area (Å²) in [5, 5.41) is 24.6. The van der Waals surface area contributed by atoms with Crippen LogP contribution in [0.4, 0.5) is 21.3 Å². The third-order valence-electron chi connectivity index (χ3n) is 5.87. The molecule has 0 fully saturated rings. The molecular formula is C28H28N6O6S. The smallest absolute Gasteiger partial charge is 0.341 e. The second-order valence-corrected chi connectivity index (χ2v) is 9.86. The first kappa shape index (κ1) is 29.1. The summed E-state index contributed by atoms with van der Waals surface area (Å²) >= 11 is 1.18. The average molecular weight is 577 g/mol. The number of non-ortho nitro benzene ring substituents is 1. The molecule has 0 bridgehead atoms. The molecule has 41 heavy (non-hydrogen) atoms. The molecule has 0 aliphatic heterocycles. The monoisotopic (exact) mass is 576 g/mol. The van der Waals surface area contributed by atoms with Gasteiger partial charge in [0.1, 0.15) is 5.00 Å². The van der Waals surface area contributed by atoms with Crippen molar-refractivity contribution < 1.29 is 24.0 Å². The van der Waals surface area contributed by atoms with Crippen molar-refractivity contribution in [3.63, 3.8) is 0 Å². The van der Waals surface area contributed by atoms with E-state index < -0.39 is 16.9 Å². The van der Waals surface area contributed by atoms with Gasteiger partial charge in [-0.15, -0.1) is 21.5 Å². The molecule has 2 heterocycles. The van der Waals surface area contributed by atoms with Crippen molar-refractivity contribution >= 4 is 39.8 Å². The van der Waals surface area contributed by atoms with E-state index in [4.69, 9.17) is 9.47 Å². The molecule has 4 rings (SSSR count). The molecule has 0 aliphatic rings. The zero-order chi connectivity index (χ0) is 29.4. The van der Waals surface area contributed by atoms with Crippen LogP contribution in [0, 0.1) is 10.1 Å². The Balaban J connectivity index is 1.72. The van der Waals surface area contributed by atoms with E-state index in [2.05, 4.69) is 20.8 Å². The van der Waals surface area contributed by atoms with Crippen LogP contribution in [0.25, 0.3) is 10.4 Å². The van der Waals surface area contributed by atoms with Gasteiger partial charge in [0.25, 0.3) is 5.69 Å². The SMILES string of the molecule is CCOC(=O)c1c(NC(=O)Nc2ccc(OC)nn2)sc(-c2ccc([N+](=O)[O-])cc2)c1CN(C)Cc1ccccc1. The third-order valence-corrected chi connectivity index (χ3v) is 7.06. The minimum Gasteiger partial charge on any atom is -0.480 e. The van der Waals surface area contributed by atoms with E-state index >= 15 is 0 Å². The molecule has 0 radical (unpaired) electrons. The van der Waals surface area contributed by atoms with Crippen LogP contribution in [0.2, 0.25) is 0 Å². The average Bonchev–Trinajstić information content (AvgIpc) is 3.31. The molecule has 0 saturated carbocycles. The van der Waals surface area contributed by atoms with Gasteiger partial charge in [-0.1, -0.05) is 30.3 Å². The van der Waals surface area contributed by atoms with Crippen LogP contribution in [0.1, 0.15) is 28.4 Å². The van der Waals surface area contributed by atoms with Crippen molar-refractivity contribution in [2.24, 2.45) is 0 Å². The minimum atomic E-state index is -0.643. The van der Waals surface area contributed by atoms with Crippen LogP contribution in [-0.2, 0) is 17.8 Å². The summed E-state index contributed by atoms with van der Waals surface area (Å²) < 4.78 is 10.4. The lowest BCUT2D eigenvalue weighted by Gasteiger charge is -2.18. The molecule has 2 N–H and O–H groups in total. The van der Waals surface area contributed by atoms with E-state index in [-0.39, 0.29) is 34.6 Å². The van der Waals surface area contributed by atoms with Crippen LogP contribution in [-0.4, -0.2) is 52.8 Å². The molecule has 0 atom stereocenters. The normalized spacial score (nSPS) is 10.7. The zero-order valence-electron chi connectivity index (χ0n) is 22.6. The number of aromatic nitrogens is 2. The van der Waals surface area contributed by atoms with Gasteiger partial charge in [-0.3, -0.25) is 25.6 Å². The number of ether oxygens (including phenoxy) is 2. The highest BCUT2D eigenvalue weighted by Gasteiger charge is 2.28. The first-order valence-corrected chi connectivity index (χ1v) is 13.4. The maximum absolute atomic E-state index is 13.3. The molecule has 212 valence electrons. The number of urea groups is 1. The Kier molecular flexibility index (Phi) is 9.55. The van der Waals surface area contributed by atoms with Gasteiger partial charge in [0.05, 0.1) is 24.2 Å². The number of esters is 1. The number of nitro groups is 1. The Hall–Kier alpha value is -4.88. The maximum atomic E-state index is 13.3. The number of hydrogen-bond donors (Lipinski definition) is 2. The molecule has 2 aromatic heterocycles. The first-order valence-electron chi connectivity index (χ1n) is 12.5. The Morgan fingerprint density at radius 3 is 2.34 bits per heavy atom. The van der Waals surface area contributed by atoms with Gasteiger partial charge in [-0.2, -0.15) is 0 Å². The zero-order valence-corrected chi connectivity index (χ0v) is 23.4. The van der Waals surface area contributed by atoms with E-state index in [1.807, 2.05) is 42.3 Å². The summed E-state index contributed by atoms with van der Waals surface area (Å²) in [6.45, 7) is 2.76. The van der Waals surface area contributed by atoms with E-state index in [9.17, 15) is 19.7 Å². The fraction of sp³-hybridized carbons (Fsp3) is 0.214. The fourth-order valence-corrected chi connectivity index (χ4v) is 5.26. The van der Waals surface area contributed by atoms with Crippen molar-refractivity contribution in [3.05, 3.63) is 93.5 Å². The highest BCUT2D eigenvalue weighted by molar-refractivity contribution is 7.20. The van der Waals surface area contributed by atoms with Crippen molar-refractivity contribution in [2.75, 3.05) is 31.4 Å². The fourth-order valence-electron chi connectivity index (χ4n) is 4.06. The number of benzene rings is 2. The number of anilines is 2. The number of carbonyl (C=O) groups excluding carboxylic acids is 2. The highest BCUT2D eigenvalue weighted by Crippen LogP contribution is 2.42. The summed E-state index contributed by atoms with van der Waals surface area (Å²) in [5.41, 5.74) is 2.51. The number of nitro benzene ring substituents is 1. The van der Waals surface area contributed by atoms with Crippen LogP contribution >= 0.6 is 11.3 Å². The summed E-state index contributed by atoms with van der Waals surface area (Å²) in [7, 11) is 3.37. The molecule has 2 amide bonds. The molecule has 4 aromatic rings. The lowest BCUT2D eigenvalue weighted by atomic mass is 10.0. The summed E-state index contributed by atoms with van der Waals surface area (Å²) in [5.74, 6) is -0.133. The lowest BCUT2D eigenvalue weighted by molar-refractivity contribution is -0.384. The molecule has 13 heteroatoms. The second-order valence-electron chi connectivity index (χ2n) is 8.84. The number of rotatable bonds is 11. The quantitative estimate of drug-likeness (QED) is 0.133. The number of nitrogens with zero attached hydrogens (tertiary/aromatic N) is 4. The van der Waals surface area contributed by atoms with E-state index in [1.54, 1.807) is 25.1 Å². The minimum absolute atomic E-state index is 0.0583. The molecule has 12 nitrogen and oxygen atoms in total. The van der Waals surface area contributed by atoms with E-state index in [1.165, 1.54) is 36.6 Å². The molecule has 0 saturated heterocycles. The van der Waals surface area contributed by atoms with Gasteiger partial charge in [0.2, 0.25) is 5.88 Å². The molecule has 0 spiro atoms. The number of amides is 2. The van der Waals surface area contributed by atoms with Gasteiger partial charge in [-0.25, -0.2) is 9.59 Å². The van der Waals surface area contributed by atoms with Gasteiger partial charge in [0.15, 0.2) is 5.82 Å². The van der Waals surface area contributed by atoms with Crippen LogP contribution in [0.5, 0.6) is 5.88 Å².